The molecule has 0 saturated carbocycles. The molecule has 1 fully saturated rings. The van der Waals surface area contributed by atoms with Crippen LogP contribution < -0.4 is 25.4 Å². The second kappa shape index (κ2) is 7.47. The maximum absolute atomic E-state index is 12.9. The Labute approximate surface area is 176 Å². The van der Waals surface area contributed by atoms with Gasteiger partial charge in [0, 0.05) is 24.1 Å². The Hall–Kier alpha value is -3.37. The average Bonchev–Trinajstić information content (AvgIpc) is 3.46. The molecule has 0 radical (unpaired) electrons. The summed E-state index contributed by atoms with van der Waals surface area (Å²) >= 11 is 1.55. The summed E-state index contributed by atoms with van der Waals surface area (Å²) in [6.45, 7) is 2.07. The molecule has 154 valence electrons. The van der Waals surface area contributed by atoms with Crippen LogP contribution in [0.4, 0.5) is 5.82 Å². The molecule has 10 heteroatoms. The van der Waals surface area contributed by atoms with Crippen LogP contribution in [0.2, 0.25) is 0 Å². The standard InChI is InChI=1S/C20H19N5O4S/c1-11-7-18(26)23-20(21-11)25-17(9-13(24-25)16-3-2-6-30-16)22-19(27)12-4-5-14-15(8-12)29-10-28-14/h2-6,8-9,11,20-21H,7,10H2,1H3,(H,22,27)(H,23,26). The number of anilines is 1. The molecule has 1 saturated heterocycles. The van der Waals surface area contributed by atoms with E-state index < -0.39 is 6.29 Å². The Kier molecular flexibility index (Phi) is 4.64. The number of carbonyl (C=O) groups is 2. The number of carbonyl (C=O) groups excluding carboxylic acids is 2. The van der Waals surface area contributed by atoms with Crippen LogP contribution in [0, 0.1) is 0 Å². The molecule has 0 bridgehead atoms. The second-order valence-electron chi connectivity index (χ2n) is 7.10. The topological polar surface area (TPSA) is 107 Å². The third-order valence-electron chi connectivity index (χ3n) is 4.86. The van der Waals surface area contributed by atoms with Crippen molar-refractivity contribution in [2.45, 2.75) is 25.7 Å². The largest absolute Gasteiger partial charge is 0.454 e. The summed E-state index contributed by atoms with van der Waals surface area (Å²) in [5.41, 5.74) is 1.14. The van der Waals surface area contributed by atoms with E-state index in [1.54, 1.807) is 40.3 Å². The number of rotatable bonds is 4. The summed E-state index contributed by atoms with van der Waals surface area (Å²) in [5, 5.41) is 15.7. The van der Waals surface area contributed by atoms with Crippen molar-refractivity contribution < 1.29 is 19.1 Å². The first-order chi connectivity index (χ1) is 14.6. The molecule has 3 aromatic rings. The van der Waals surface area contributed by atoms with Crippen LogP contribution >= 0.6 is 11.3 Å². The highest BCUT2D eigenvalue weighted by atomic mass is 32.1. The molecule has 0 spiro atoms. The van der Waals surface area contributed by atoms with Gasteiger partial charge in [0.1, 0.15) is 11.5 Å². The average molecular weight is 425 g/mol. The van der Waals surface area contributed by atoms with Gasteiger partial charge >= 0.3 is 0 Å². The van der Waals surface area contributed by atoms with E-state index in [0.29, 0.717) is 35.0 Å². The smallest absolute Gasteiger partial charge is 0.256 e. The Morgan fingerprint density at radius 2 is 2.13 bits per heavy atom. The van der Waals surface area contributed by atoms with Gasteiger partial charge in [-0.15, -0.1) is 11.3 Å². The minimum Gasteiger partial charge on any atom is -0.454 e. The van der Waals surface area contributed by atoms with Gasteiger partial charge in [-0.05, 0) is 36.6 Å². The van der Waals surface area contributed by atoms with E-state index in [1.807, 2.05) is 24.4 Å². The van der Waals surface area contributed by atoms with Crippen molar-refractivity contribution in [1.29, 1.82) is 0 Å². The van der Waals surface area contributed by atoms with E-state index in [-0.39, 0.29) is 24.6 Å². The molecule has 5 rings (SSSR count). The number of thiophene rings is 1. The molecule has 2 amide bonds. The maximum Gasteiger partial charge on any atom is 0.256 e. The van der Waals surface area contributed by atoms with Gasteiger partial charge in [-0.2, -0.15) is 5.10 Å². The molecule has 2 aromatic heterocycles. The Bertz CT molecular complexity index is 1110. The number of nitrogens with one attached hydrogen (secondary N) is 3. The summed E-state index contributed by atoms with van der Waals surface area (Å²) < 4.78 is 12.2. The van der Waals surface area contributed by atoms with E-state index >= 15 is 0 Å². The lowest BCUT2D eigenvalue weighted by Crippen LogP contribution is -2.52. The fourth-order valence-electron chi connectivity index (χ4n) is 3.45. The second-order valence-corrected chi connectivity index (χ2v) is 8.05. The summed E-state index contributed by atoms with van der Waals surface area (Å²) in [7, 11) is 0. The third-order valence-corrected chi connectivity index (χ3v) is 5.75. The fraction of sp³-hybridized carbons (Fsp3) is 0.250. The van der Waals surface area contributed by atoms with Crippen molar-refractivity contribution in [3.63, 3.8) is 0 Å². The summed E-state index contributed by atoms with van der Waals surface area (Å²) in [5.74, 6) is 1.22. The van der Waals surface area contributed by atoms with Crippen molar-refractivity contribution in [2.24, 2.45) is 0 Å². The molecule has 30 heavy (non-hydrogen) atoms. The quantitative estimate of drug-likeness (QED) is 0.593. The number of ether oxygens (including phenoxy) is 2. The molecule has 9 nitrogen and oxygen atoms in total. The SMILES string of the molecule is CC1CC(=O)NC(n2nc(-c3cccs3)cc2NC(=O)c2ccc3c(c2)OCO3)N1. The minimum atomic E-state index is -0.568. The molecular formula is C20H19N5O4S. The minimum absolute atomic E-state index is 0.0180. The van der Waals surface area contributed by atoms with Gasteiger partial charge in [0.25, 0.3) is 5.91 Å². The van der Waals surface area contributed by atoms with Crippen LogP contribution in [-0.2, 0) is 4.79 Å². The molecule has 2 aliphatic heterocycles. The highest BCUT2D eigenvalue weighted by molar-refractivity contribution is 7.13. The molecule has 0 aliphatic carbocycles. The van der Waals surface area contributed by atoms with Crippen molar-refractivity contribution in [1.82, 2.24) is 20.4 Å². The maximum atomic E-state index is 12.9. The number of hydrogen-bond acceptors (Lipinski definition) is 7. The zero-order chi connectivity index (χ0) is 20.7. The van der Waals surface area contributed by atoms with Gasteiger partial charge in [-0.25, -0.2) is 4.68 Å². The zero-order valence-electron chi connectivity index (χ0n) is 16.0. The summed E-state index contributed by atoms with van der Waals surface area (Å²) in [4.78, 5) is 25.9. The van der Waals surface area contributed by atoms with E-state index in [2.05, 4.69) is 21.0 Å². The van der Waals surface area contributed by atoms with Crippen LogP contribution in [0.25, 0.3) is 10.6 Å². The van der Waals surface area contributed by atoms with Crippen LogP contribution in [0.5, 0.6) is 11.5 Å². The first-order valence-electron chi connectivity index (χ1n) is 9.46. The number of benzene rings is 1. The highest BCUT2D eigenvalue weighted by Crippen LogP contribution is 2.33. The van der Waals surface area contributed by atoms with Crippen LogP contribution in [0.15, 0.2) is 41.8 Å². The molecular weight excluding hydrogens is 406 g/mol. The van der Waals surface area contributed by atoms with Gasteiger partial charge in [0.2, 0.25) is 12.7 Å². The predicted molar refractivity (Wildman–Crippen MR) is 110 cm³/mol. The van der Waals surface area contributed by atoms with Gasteiger partial charge in [0.15, 0.2) is 17.8 Å². The van der Waals surface area contributed by atoms with E-state index in [9.17, 15) is 9.59 Å². The number of hydrogen-bond donors (Lipinski definition) is 3. The molecule has 2 atom stereocenters. The predicted octanol–water partition coefficient (Wildman–Crippen LogP) is 2.55. The van der Waals surface area contributed by atoms with Crippen LogP contribution in [0.3, 0.4) is 0 Å². The van der Waals surface area contributed by atoms with Crippen molar-refractivity contribution in [3.8, 4) is 22.1 Å². The van der Waals surface area contributed by atoms with Crippen molar-refractivity contribution in [2.75, 3.05) is 12.1 Å². The highest BCUT2D eigenvalue weighted by Gasteiger charge is 2.28. The first kappa shape index (κ1) is 18.6. The van der Waals surface area contributed by atoms with Crippen LogP contribution in [0.1, 0.15) is 30.0 Å². The van der Waals surface area contributed by atoms with Crippen molar-refractivity contribution in [3.05, 3.63) is 47.3 Å². The lowest BCUT2D eigenvalue weighted by Gasteiger charge is -2.30. The van der Waals surface area contributed by atoms with Crippen molar-refractivity contribution >= 4 is 29.0 Å². The zero-order valence-corrected chi connectivity index (χ0v) is 16.9. The van der Waals surface area contributed by atoms with Gasteiger partial charge in [-0.3, -0.25) is 14.9 Å². The van der Waals surface area contributed by atoms with E-state index in [0.717, 1.165) is 4.88 Å². The molecule has 4 heterocycles. The number of fused-ring (bicyclic) bond motifs is 1. The Morgan fingerprint density at radius 3 is 2.93 bits per heavy atom. The summed E-state index contributed by atoms with van der Waals surface area (Å²) in [6.07, 6.45) is -0.184. The van der Waals surface area contributed by atoms with Gasteiger partial charge < -0.3 is 20.1 Å². The van der Waals surface area contributed by atoms with Gasteiger partial charge in [0.05, 0.1) is 4.88 Å². The fourth-order valence-corrected chi connectivity index (χ4v) is 4.13. The van der Waals surface area contributed by atoms with E-state index in [1.165, 1.54) is 0 Å². The molecule has 2 aliphatic rings. The number of nitrogens with zero attached hydrogens (tertiary/aromatic N) is 2. The Morgan fingerprint density at radius 1 is 1.27 bits per heavy atom. The van der Waals surface area contributed by atoms with Gasteiger partial charge in [-0.1, -0.05) is 6.07 Å². The monoisotopic (exact) mass is 425 g/mol. The molecule has 2 unspecified atom stereocenters. The number of aromatic nitrogens is 2. The van der Waals surface area contributed by atoms with E-state index in [4.69, 9.17) is 9.47 Å². The molecule has 1 aromatic carbocycles. The third kappa shape index (κ3) is 3.51. The van der Waals surface area contributed by atoms with Crippen LogP contribution in [-0.4, -0.2) is 34.4 Å². The molecule has 3 N–H and O–H groups in total. The normalized spacial score (nSPS) is 20.1. The summed E-state index contributed by atoms with van der Waals surface area (Å²) in [6, 6.07) is 10.7. The number of amides is 2. The lowest BCUT2D eigenvalue weighted by molar-refractivity contribution is -0.125. The lowest BCUT2D eigenvalue weighted by atomic mass is 10.2. The Balaban J connectivity index is 1.47. The first-order valence-corrected chi connectivity index (χ1v) is 10.3.